The first-order valence-electron chi connectivity index (χ1n) is 6.53. The van der Waals surface area contributed by atoms with Crippen LogP contribution in [-0.4, -0.2) is 24.9 Å². The maximum absolute atomic E-state index is 12.0. The van der Waals surface area contributed by atoms with Crippen molar-refractivity contribution in [1.29, 1.82) is 0 Å². The van der Waals surface area contributed by atoms with Crippen molar-refractivity contribution >= 4 is 34.6 Å². The normalized spacial score (nSPS) is 10.3. The van der Waals surface area contributed by atoms with E-state index in [0.29, 0.717) is 22.0 Å². The highest BCUT2D eigenvalue weighted by molar-refractivity contribution is 6.33. The van der Waals surface area contributed by atoms with Gasteiger partial charge in [-0.2, -0.15) is 0 Å². The Morgan fingerprint density at radius 1 is 1.14 bits per heavy atom. The standard InChI is InChI=1S/C16H18ClN3O/c1-10-4-7-14(12(17)8-10)19-15-9-11(5-6-13(15)18)16(21)20(2)3/h4-9,19H,18H2,1-3H3. The largest absolute Gasteiger partial charge is 0.397 e. The van der Waals surface area contributed by atoms with Gasteiger partial charge < -0.3 is 16.0 Å². The molecule has 5 heteroatoms. The summed E-state index contributed by atoms with van der Waals surface area (Å²) in [5.41, 5.74) is 9.58. The predicted octanol–water partition coefficient (Wildman–Crippen LogP) is 3.68. The first kappa shape index (κ1) is 15.2. The second kappa shape index (κ2) is 6.06. The van der Waals surface area contributed by atoms with Crippen LogP contribution in [0, 0.1) is 6.92 Å². The fraction of sp³-hybridized carbons (Fsp3) is 0.188. The topological polar surface area (TPSA) is 58.4 Å². The lowest BCUT2D eigenvalue weighted by molar-refractivity contribution is 0.0827. The Morgan fingerprint density at radius 2 is 1.86 bits per heavy atom. The molecule has 0 saturated heterocycles. The average Bonchev–Trinajstić information content (AvgIpc) is 2.43. The van der Waals surface area contributed by atoms with E-state index < -0.39 is 0 Å². The fourth-order valence-electron chi connectivity index (χ4n) is 1.92. The summed E-state index contributed by atoms with van der Waals surface area (Å²) in [5.74, 6) is -0.0759. The molecule has 0 saturated carbocycles. The summed E-state index contributed by atoms with van der Waals surface area (Å²) in [6.45, 7) is 1.97. The summed E-state index contributed by atoms with van der Waals surface area (Å²) < 4.78 is 0. The van der Waals surface area contributed by atoms with E-state index in [-0.39, 0.29) is 5.91 Å². The first-order valence-corrected chi connectivity index (χ1v) is 6.90. The number of nitrogens with one attached hydrogen (secondary N) is 1. The molecule has 0 aliphatic heterocycles. The fourth-order valence-corrected chi connectivity index (χ4v) is 2.20. The third-order valence-corrected chi connectivity index (χ3v) is 3.41. The maximum atomic E-state index is 12.0. The average molecular weight is 304 g/mol. The monoisotopic (exact) mass is 303 g/mol. The van der Waals surface area contributed by atoms with Crippen molar-refractivity contribution in [3.05, 3.63) is 52.5 Å². The molecule has 1 amide bonds. The van der Waals surface area contributed by atoms with Gasteiger partial charge in [0.05, 0.1) is 22.1 Å². The van der Waals surface area contributed by atoms with Crippen LogP contribution in [-0.2, 0) is 0 Å². The van der Waals surface area contributed by atoms with Crippen LogP contribution >= 0.6 is 11.6 Å². The van der Waals surface area contributed by atoms with Crippen LogP contribution in [0.25, 0.3) is 0 Å². The number of carbonyl (C=O) groups excluding carboxylic acids is 1. The first-order chi connectivity index (χ1) is 9.88. The number of nitrogens with zero attached hydrogens (tertiary/aromatic N) is 1. The minimum atomic E-state index is -0.0759. The summed E-state index contributed by atoms with van der Waals surface area (Å²) >= 11 is 6.21. The van der Waals surface area contributed by atoms with Gasteiger partial charge in [-0.3, -0.25) is 4.79 Å². The summed E-state index contributed by atoms with van der Waals surface area (Å²) in [6.07, 6.45) is 0. The summed E-state index contributed by atoms with van der Waals surface area (Å²) in [5, 5.41) is 3.78. The molecule has 0 bridgehead atoms. The number of carbonyl (C=O) groups is 1. The third kappa shape index (κ3) is 3.47. The highest BCUT2D eigenvalue weighted by atomic mass is 35.5. The molecule has 0 atom stereocenters. The van der Waals surface area contributed by atoms with E-state index in [2.05, 4.69) is 5.32 Å². The Bertz CT molecular complexity index is 683. The van der Waals surface area contributed by atoms with Crippen LogP contribution in [0.1, 0.15) is 15.9 Å². The lowest BCUT2D eigenvalue weighted by atomic mass is 10.1. The molecule has 110 valence electrons. The Hall–Kier alpha value is -2.20. The van der Waals surface area contributed by atoms with Gasteiger partial charge in [0.1, 0.15) is 0 Å². The van der Waals surface area contributed by atoms with Gasteiger partial charge in [-0.1, -0.05) is 17.7 Å². The maximum Gasteiger partial charge on any atom is 0.253 e. The van der Waals surface area contributed by atoms with Gasteiger partial charge in [0.25, 0.3) is 5.91 Å². The number of benzene rings is 2. The van der Waals surface area contributed by atoms with Crippen molar-refractivity contribution in [3.63, 3.8) is 0 Å². The minimum absolute atomic E-state index is 0.0759. The van der Waals surface area contributed by atoms with Crippen LogP contribution in [0.5, 0.6) is 0 Å². The molecule has 0 spiro atoms. The van der Waals surface area contributed by atoms with Gasteiger partial charge in [0, 0.05) is 19.7 Å². The van der Waals surface area contributed by atoms with Crippen molar-refractivity contribution in [2.24, 2.45) is 0 Å². The zero-order valence-corrected chi connectivity index (χ0v) is 13.0. The summed E-state index contributed by atoms with van der Waals surface area (Å²) in [7, 11) is 3.42. The predicted molar refractivity (Wildman–Crippen MR) is 88.3 cm³/mol. The van der Waals surface area contributed by atoms with Crippen molar-refractivity contribution in [1.82, 2.24) is 4.90 Å². The number of rotatable bonds is 3. The van der Waals surface area contributed by atoms with Crippen molar-refractivity contribution in [2.75, 3.05) is 25.1 Å². The molecule has 0 aromatic heterocycles. The molecule has 0 fully saturated rings. The van der Waals surface area contributed by atoms with E-state index in [9.17, 15) is 4.79 Å². The van der Waals surface area contributed by atoms with Crippen molar-refractivity contribution in [2.45, 2.75) is 6.92 Å². The third-order valence-electron chi connectivity index (χ3n) is 3.10. The van der Waals surface area contributed by atoms with Crippen LogP contribution in [0.2, 0.25) is 5.02 Å². The number of aryl methyl sites for hydroxylation is 1. The molecule has 3 N–H and O–H groups in total. The minimum Gasteiger partial charge on any atom is -0.397 e. The summed E-state index contributed by atoms with van der Waals surface area (Å²) in [4.78, 5) is 13.5. The number of anilines is 3. The van der Waals surface area contributed by atoms with Crippen LogP contribution in [0.4, 0.5) is 17.1 Å². The van der Waals surface area contributed by atoms with Crippen molar-refractivity contribution in [3.8, 4) is 0 Å². The summed E-state index contributed by atoms with van der Waals surface area (Å²) in [6, 6.07) is 10.9. The molecule has 4 nitrogen and oxygen atoms in total. The molecule has 2 aromatic carbocycles. The number of amides is 1. The Kier molecular flexibility index (Phi) is 4.38. The molecule has 2 aromatic rings. The smallest absolute Gasteiger partial charge is 0.253 e. The molecule has 0 unspecified atom stereocenters. The van der Waals surface area contributed by atoms with Gasteiger partial charge in [0.2, 0.25) is 0 Å². The van der Waals surface area contributed by atoms with E-state index in [0.717, 1.165) is 11.3 Å². The molecule has 21 heavy (non-hydrogen) atoms. The molecule has 0 heterocycles. The molecular weight excluding hydrogens is 286 g/mol. The Morgan fingerprint density at radius 3 is 2.48 bits per heavy atom. The van der Waals surface area contributed by atoms with Gasteiger partial charge in [-0.25, -0.2) is 0 Å². The number of hydrogen-bond donors (Lipinski definition) is 2. The quantitative estimate of drug-likeness (QED) is 0.850. The number of nitrogens with two attached hydrogens (primary N) is 1. The van der Waals surface area contributed by atoms with Gasteiger partial charge in [-0.15, -0.1) is 0 Å². The second-order valence-corrected chi connectivity index (χ2v) is 5.52. The molecule has 2 rings (SSSR count). The van der Waals surface area contributed by atoms with Gasteiger partial charge in [-0.05, 0) is 42.8 Å². The highest BCUT2D eigenvalue weighted by Gasteiger charge is 2.11. The number of halogens is 1. The van der Waals surface area contributed by atoms with Crippen LogP contribution in [0.3, 0.4) is 0 Å². The zero-order chi connectivity index (χ0) is 15.6. The zero-order valence-electron chi connectivity index (χ0n) is 12.3. The molecule has 0 aliphatic rings. The molecule has 0 radical (unpaired) electrons. The van der Waals surface area contributed by atoms with Crippen LogP contribution < -0.4 is 11.1 Å². The van der Waals surface area contributed by atoms with E-state index in [1.165, 1.54) is 4.90 Å². The highest BCUT2D eigenvalue weighted by Crippen LogP contribution is 2.30. The lowest BCUT2D eigenvalue weighted by Crippen LogP contribution is -2.21. The van der Waals surface area contributed by atoms with Gasteiger partial charge >= 0.3 is 0 Å². The Balaban J connectivity index is 2.35. The Labute approximate surface area is 129 Å². The molecular formula is C16H18ClN3O. The second-order valence-electron chi connectivity index (χ2n) is 5.11. The van der Waals surface area contributed by atoms with Crippen molar-refractivity contribution < 1.29 is 4.79 Å². The van der Waals surface area contributed by atoms with E-state index in [4.69, 9.17) is 17.3 Å². The van der Waals surface area contributed by atoms with E-state index in [1.54, 1.807) is 32.3 Å². The van der Waals surface area contributed by atoms with Gasteiger partial charge in [0.15, 0.2) is 0 Å². The number of hydrogen-bond acceptors (Lipinski definition) is 3. The SMILES string of the molecule is Cc1ccc(Nc2cc(C(=O)N(C)C)ccc2N)c(Cl)c1. The van der Waals surface area contributed by atoms with Crippen LogP contribution in [0.15, 0.2) is 36.4 Å². The molecule has 0 aliphatic carbocycles. The number of nitrogen functional groups attached to an aromatic ring is 1. The lowest BCUT2D eigenvalue weighted by Gasteiger charge is -2.15. The van der Waals surface area contributed by atoms with E-state index in [1.807, 2.05) is 25.1 Å². The van der Waals surface area contributed by atoms with E-state index >= 15 is 0 Å².